The van der Waals surface area contributed by atoms with Crippen LogP contribution in [0.2, 0.25) is 0 Å². The van der Waals surface area contributed by atoms with Gasteiger partial charge in [0.2, 0.25) is 0 Å². The monoisotopic (exact) mass is 675 g/mol. The summed E-state index contributed by atoms with van der Waals surface area (Å²) >= 11 is 0. The molecule has 2 aliphatic heterocycles. The standard InChI is InChI=1S/C37H61N3O8/c1-9-11-12-30-22-40(39-38-30)18-17-28-19-24(3)14-16-33(42)48-32(10-2)29(20-25(4)13-15-31(41)26(5)21-28)23-46-37-36(45-8)35(44-7)34(43)27(6)47-37/h13,15,20,22,24,26-29,32,34-37,43H,9-12,14,16-19,21,23H2,1-8H3/b15-13?,25-20+/t24-,26+,27?,28+,29+,32+,34+,35-,36?,37+/m0/s1. The number of unbranched alkanes of at least 4 members (excludes halogenated alkanes) is 1. The molecule has 11 heteroatoms. The quantitative estimate of drug-likeness (QED) is 0.278. The summed E-state index contributed by atoms with van der Waals surface area (Å²) in [4.78, 5) is 26.5. The SMILES string of the molecule is CCCCc1cn(CC[C@@H]2C[C@@H](C)CCC(=O)O[C@H](CC)[C@@H](CO[C@@H]3OC(C)[C@@H](O)[C@H](OC)C3OC)/C=C(\C)C=CC(=O)[C@H](C)C2)nn1. The number of ketones is 1. The van der Waals surface area contributed by atoms with Crippen molar-refractivity contribution in [2.24, 2.45) is 23.7 Å². The molecule has 0 saturated carbocycles. The number of allylic oxidation sites excluding steroid dienone is 3. The van der Waals surface area contributed by atoms with Crippen molar-refractivity contribution in [1.29, 1.82) is 0 Å². The number of hydrogen-bond acceptors (Lipinski definition) is 10. The van der Waals surface area contributed by atoms with Crippen LogP contribution in [0.3, 0.4) is 0 Å². The van der Waals surface area contributed by atoms with Gasteiger partial charge in [-0.05, 0) is 76.7 Å². The summed E-state index contributed by atoms with van der Waals surface area (Å²) in [5.41, 5.74) is 1.89. The summed E-state index contributed by atoms with van der Waals surface area (Å²) < 4.78 is 31.4. The van der Waals surface area contributed by atoms with Gasteiger partial charge < -0.3 is 28.8 Å². The maximum absolute atomic E-state index is 13.3. The molecule has 0 aromatic carbocycles. The number of rotatable bonds is 12. The van der Waals surface area contributed by atoms with Gasteiger partial charge in [-0.3, -0.25) is 14.3 Å². The molecule has 48 heavy (non-hydrogen) atoms. The molecule has 3 rings (SSSR count). The molecule has 1 aromatic rings. The molecule has 2 unspecified atom stereocenters. The van der Waals surface area contributed by atoms with Gasteiger partial charge in [0.05, 0.1) is 18.4 Å². The first-order valence-electron chi connectivity index (χ1n) is 18.0. The van der Waals surface area contributed by atoms with Crippen LogP contribution in [0.15, 0.2) is 30.0 Å². The number of ether oxygens (including phenoxy) is 5. The van der Waals surface area contributed by atoms with Gasteiger partial charge in [0.15, 0.2) is 12.1 Å². The van der Waals surface area contributed by atoms with Crippen molar-refractivity contribution in [2.45, 2.75) is 143 Å². The Morgan fingerprint density at radius 3 is 2.50 bits per heavy atom. The molecule has 1 fully saturated rings. The second-order valence-corrected chi connectivity index (χ2v) is 13.9. The molecule has 0 spiro atoms. The lowest BCUT2D eigenvalue weighted by molar-refractivity contribution is -0.304. The van der Waals surface area contributed by atoms with Gasteiger partial charge in [-0.1, -0.05) is 57.1 Å². The molecule has 1 N–H and O–H groups in total. The van der Waals surface area contributed by atoms with E-state index in [0.29, 0.717) is 25.2 Å². The van der Waals surface area contributed by atoms with E-state index in [2.05, 4.69) is 24.2 Å². The van der Waals surface area contributed by atoms with Gasteiger partial charge in [0.1, 0.15) is 24.4 Å². The van der Waals surface area contributed by atoms with Crippen LogP contribution in [0, 0.1) is 23.7 Å². The molecule has 2 aliphatic rings. The molecule has 0 bridgehead atoms. The average Bonchev–Trinajstić information content (AvgIpc) is 3.53. The average molecular weight is 676 g/mol. The van der Waals surface area contributed by atoms with Gasteiger partial charge >= 0.3 is 5.97 Å². The molecule has 3 heterocycles. The highest BCUT2D eigenvalue weighted by atomic mass is 16.7. The Kier molecular flexibility index (Phi) is 16.9. The lowest BCUT2D eigenvalue weighted by Crippen LogP contribution is -2.59. The lowest BCUT2D eigenvalue weighted by Gasteiger charge is -2.42. The summed E-state index contributed by atoms with van der Waals surface area (Å²) in [5, 5.41) is 19.2. The molecule has 11 nitrogen and oxygen atoms in total. The van der Waals surface area contributed by atoms with Crippen molar-refractivity contribution in [3.63, 3.8) is 0 Å². The number of carbonyl (C=O) groups excluding carboxylic acids is 2. The van der Waals surface area contributed by atoms with Crippen molar-refractivity contribution < 1.29 is 38.4 Å². The first-order valence-corrected chi connectivity index (χ1v) is 18.0. The summed E-state index contributed by atoms with van der Waals surface area (Å²) in [5.74, 6) is 0.0108. The van der Waals surface area contributed by atoms with Crippen molar-refractivity contribution in [3.8, 4) is 0 Å². The van der Waals surface area contributed by atoms with Crippen LogP contribution >= 0.6 is 0 Å². The number of hydrogen-bond donors (Lipinski definition) is 1. The molecule has 0 aliphatic carbocycles. The number of cyclic esters (lactones) is 1. The van der Waals surface area contributed by atoms with Crippen molar-refractivity contribution in [3.05, 3.63) is 35.7 Å². The fourth-order valence-electron chi connectivity index (χ4n) is 6.81. The highest BCUT2D eigenvalue weighted by Gasteiger charge is 2.45. The Labute approximate surface area is 287 Å². The van der Waals surface area contributed by atoms with E-state index in [-0.39, 0.29) is 36.1 Å². The third-order valence-corrected chi connectivity index (χ3v) is 9.79. The number of aliphatic hydroxyl groups excluding tert-OH is 1. The van der Waals surface area contributed by atoms with E-state index >= 15 is 0 Å². The maximum atomic E-state index is 13.3. The van der Waals surface area contributed by atoms with Crippen LogP contribution in [0.25, 0.3) is 0 Å². The molecular weight excluding hydrogens is 614 g/mol. The van der Waals surface area contributed by atoms with Crippen LogP contribution in [0.1, 0.15) is 98.6 Å². The Bertz CT molecular complexity index is 1190. The van der Waals surface area contributed by atoms with E-state index in [0.717, 1.165) is 56.3 Å². The van der Waals surface area contributed by atoms with Crippen LogP contribution < -0.4 is 0 Å². The lowest BCUT2D eigenvalue weighted by atomic mass is 9.83. The van der Waals surface area contributed by atoms with E-state index in [1.807, 2.05) is 43.8 Å². The van der Waals surface area contributed by atoms with Gasteiger partial charge in [-0.2, -0.15) is 0 Å². The minimum Gasteiger partial charge on any atom is -0.462 e. The normalized spacial score (nSPS) is 34.1. The second-order valence-electron chi connectivity index (χ2n) is 13.9. The van der Waals surface area contributed by atoms with Gasteiger partial charge in [0.25, 0.3) is 0 Å². The van der Waals surface area contributed by atoms with E-state index in [1.54, 1.807) is 13.0 Å². The first-order chi connectivity index (χ1) is 23.0. The second kappa shape index (κ2) is 20.3. The zero-order valence-corrected chi connectivity index (χ0v) is 30.5. The fraction of sp³-hybridized carbons (Fsp3) is 0.784. The van der Waals surface area contributed by atoms with Crippen molar-refractivity contribution >= 4 is 11.8 Å². The number of carbonyl (C=O) groups is 2. The summed E-state index contributed by atoms with van der Waals surface area (Å²) in [6.45, 7) is 13.0. The van der Waals surface area contributed by atoms with Gasteiger partial charge in [0, 0.05) is 45.2 Å². The summed E-state index contributed by atoms with van der Waals surface area (Å²) in [6, 6.07) is 0. The number of esters is 1. The van der Waals surface area contributed by atoms with Gasteiger partial charge in [-0.15, -0.1) is 5.10 Å². The molecule has 10 atom stereocenters. The Morgan fingerprint density at radius 2 is 1.81 bits per heavy atom. The highest BCUT2D eigenvalue weighted by Crippen LogP contribution is 2.30. The highest BCUT2D eigenvalue weighted by molar-refractivity contribution is 5.91. The number of aliphatic hydroxyl groups is 1. The van der Waals surface area contributed by atoms with Crippen LogP contribution in [0.4, 0.5) is 0 Å². The maximum Gasteiger partial charge on any atom is 0.306 e. The molecule has 0 amide bonds. The minimum atomic E-state index is -0.867. The van der Waals surface area contributed by atoms with E-state index in [4.69, 9.17) is 23.7 Å². The predicted molar refractivity (Wildman–Crippen MR) is 183 cm³/mol. The third-order valence-electron chi connectivity index (χ3n) is 9.79. The Balaban J connectivity index is 1.76. The number of aryl methyl sites for hydroxylation is 2. The number of methoxy groups -OCH3 is 2. The largest absolute Gasteiger partial charge is 0.462 e. The Morgan fingerprint density at radius 1 is 1.06 bits per heavy atom. The summed E-state index contributed by atoms with van der Waals surface area (Å²) in [7, 11) is 3.05. The summed E-state index contributed by atoms with van der Waals surface area (Å²) in [6.07, 6.45) is 11.0. The van der Waals surface area contributed by atoms with Crippen LogP contribution in [-0.4, -0.2) is 89.5 Å². The van der Waals surface area contributed by atoms with E-state index in [9.17, 15) is 14.7 Å². The molecular formula is C37H61N3O8. The van der Waals surface area contributed by atoms with Crippen molar-refractivity contribution in [1.82, 2.24) is 15.0 Å². The Hall–Kier alpha value is -2.44. The smallest absolute Gasteiger partial charge is 0.306 e. The number of aromatic nitrogens is 3. The molecule has 1 saturated heterocycles. The van der Waals surface area contributed by atoms with Crippen LogP contribution in [-0.2, 0) is 46.2 Å². The zero-order chi connectivity index (χ0) is 35.2. The zero-order valence-electron chi connectivity index (χ0n) is 30.5. The molecule has 1 aromatic heterocycles. The predicted octanol–water partition coefficient (Wildman–Crippen LogP) is 5.64. The van der Waals surface area contributed by atoms with Gasteiger partial charge in [-0.25, -0.2) is 0 Å². The topological polar surface area (TPSA) is 131 Å². The number of nitrogens with zero attached hydrogens (tertiary/aromatic N) is 3. The third kappa shape index (κ3) is 12.2. The first kappa shape index (κ1) is 40.0. The van der Waals surface area contributed by atoms with E-state index < -0.39 is 36.8 Å². The molecule has 272 valence electrons. The minimum absolute atomic E-state index is 0.0954. The fourth-order valence-corrected chi connectivity index (χ4v) is 6.81. The van der Waals surface area contributed by atoms with E-state index in [1.165, 1.54) is 14.2 Å². The van der Waals surface area contributed by atoms with Crippen LogP contribution in [0.5, 0.6) is 0 Å². The van der Waals surface area contributed by atoms with Crippen molar-refractivity contribution in [2.75, 3.05) is 20.8 Å². The molecule has 0 radical (unpaired) electrons.